The summed E-state index contributed by atoms with van der Waals surface area (Å²) >= 11 is 6.18. The van der Waals surface area contributed by atoms with Crippen molar-refractivity contribution in [3.8, 4) is 0 Å². The second-order valence-corrected chi connectivity index (χ2v) is 6.81. The van der Waals surface area contributed by atoms with Crippen LogP contribution >= 0.6 is 11.6 Å². The van der Waals surface area contributed by atoms with Gasteiger partial charge in [0.15, 0.2) is 0 Å². The third-order valence-electron chi connectivity index (χ3n) is 4.51. The van der Waals surface area contributed by atoms with Crippen molar-refractivity contribution in [1.82, 2.24) is 19.8 Å². The van der Waals surface area contributed by atoms with Gasteiger partial charge in [0.25, 0.3) is 0 Å². The molecule has 1 aromatic heterocycles. The number of carbonyl (C=O) groups excluding carboxylic acids is 2. The van der Waals surface area contributed by atoms with Crippen LogP contribution < -0.4 is 10.2 Å². The molecule has 0 aliphatic carbocycles. The molecule has 27 heavy (non-hydrogen) atoms. The first-order chi connectivity index (χ1) is 13.0. The van der Waals surface area contributed by atoms with Crippen molar-refractivity contribution in [1.29, 1.82) is 0 Å². The Morgan fingerprint density at radius 2 is 2.22 bits per heavy atom. The molecule has 2 heterocycles. The quantitative estimate of drug-likeness (QED) is 0.778. The highest BCUT2D eigenvalue weighted by Crippen LogP contribution is 2.29. The Hall–Kier alpha value is -2.58. The molecule has 144 valence electrons. The minimum Gasteiger partial charge on any atom is -0.395 e. The van der Waals surface area contributed by atoms with Crippen LogP contribution in [0.4, 0.5) is 10.5 Å². The molecular formula is C18H22ClN5O3. The number of para-hydroxylation sites is 1. The summed E-state index contributed by atoms with van der Waals surface area (Å²) < 4.78 is 1.82. The monoisotopic (exact) mass is 391 g/mol. The average molecular weight is 392 g/mol. The van der Waals surface area contributed by atoms with Crippen LogP contribution in [-0.4, -0.2) is 57.2 Å². The standard InChI is InChI=1S/C18H22ClN5O3/c1-22-7-6-20-16(22)12-23(8-9-25)18(27)21-13-10-17(26)24(11-13)15-5-3-2-4-14(15)19/h2-7,13,25H,8-12H2,1H3,(H,21,27)/t13-/m1/s1. The number of halogens is 1. The number of aliphatic hydroxyl groups is 1. The van der Waals surface area contributed by atoms with Gasteiger partial charge in [0.2, 0.25) is 5.91 Å². The largest absolute Gasteiger partial charge is 0.395 e. The van der Waals surface area contributed by atoms with Gasteiger partial charge in [0.1, 0.15) is 5.82 Å². The number of anilines is 1. The van der Waals surface area contributed by atoms with Crippen LogP contribution in [0.1, 0.15) is 12.2 Å². The molecule has 2 aromatic rings. The molecule has 0 bridgehead atoms. The van der Waals surface area contributed by atoms with Crippen LogP contribution in [0.25, 0.3) is 0 Å². The van der Waals surface area contributed by atoms with E-state index in [1.165, 1.54) is 4.90 Å². The fourth-order valence-electron chi connectivity index (χ4n) is 3.07. The van der Waals surface area contributed by atoms with Gasteiger partial charge in [0, 0.05) is 39.0 Å². The molecule has 2 N–H and O–H groups in total. The predicted octanol–water partition coefficient (Wildman–Crippen LogP) is 1.38. The van der Waals surface area contributed by atoms with Gasteiger partial charge in [-0.2, -0.15) is 0 Å². The minimum absolute atomic E-state index is 0.0915. The number of nitrogens with one attached hydrogen (secondary N) is 1. The zero-order valence-electron chi connectivity index (χ0n) is 15.0. The number of aromatic nitrogens is 2. The van der Waals surface area contributed by atoms with Gasteiger partial charge in [-0.1, -0.05) is 23.7 Å². The molecule has 8 nitrogen and oxygen atoms in total. The maximum Gasteiger partial charge on any atom is 0.318 e. The summed E-state index contributed by atoms with van der Waals surface area (Å²) in [6, 6.07) is 6.46. The molecule has 1 fully saturated rings. The van der Waals surface area contributed by atoms with E-state index >= 15 is 0 Å². The second-order valence-electron chi connectivity index (χ2n) is 6.41. The number of carbonyl (C=O) groups is 2. The summed E-state index contributed by atoms with van der Waals surface area (Å²) in [5.41, 5.74) is 0.640. The highest BCUT2D eigenvalue weighted by atomic mass is 35.5. The Bertz CT molecular complexity index is 825. The van der Waals surface area contributed by atoms with E-state index in [9.17, 15) is 14.7 Å². The van der Waals surface area contributed by atoms with Gasteiger partial charge >= 0.3 is 6.03 Å². The van der Waals surface area contributed by atoms with Crippen molar-refractivity contribution in [3.63, 3.8) is 0 Å². The van der Waals surface area contributed by atoms with Crippen molar-refractivity contribution < 1.29 is 14.7 Å². The first-order valence-corrected chi connectivity index (χ1v) is 9.04. The van der Waals surface area contributed by atoms with E-state index in [0.29, 0.717) is 23.1 Å². The smallest absolute Gasteiger partial charge is 0.318 e. The summed E-state index contributed by atoms with van der Waals surface area (Å²) in [6.07, 6.45) is 3.65. The predicted molar refractivity (Wildman–Crippen MR) is 101 cm³/mol. The van der Waals surface area contributed by atoms with Crippen LogP contribution in [0, 0.1) is 0 Å². The molecule has 9 heteroatoms. The minimum atomic E-state index is -0.342. The highest BCUT2D eigenvalue weighted by molar-refractivity contribution is 6.33. The lowest BCUT2D eigenvalue weighted by atomic mass is 10.2. The number of imidazole rings is 1. The van der Waals surface area contributed by atoms with E-state index in [-0.39, 0.29) is 44.1 Å². The van der Waals surface area contributed by atoms with Crippen LogP contribution in [0.15, 0.2) is 36.7 Å². The normalized spacial score (nSPS) is 16.6. The number of hydrogen-bond donors (Lipinski definition) is 2. The number of aliphatic hydroxyl groups excluding tert-OH is 1. The maximum absolute atomic E-state index is 12.7. The van der Waals surface area contributed by atoms with Gasteiger partial charge in [-0.3, -0.25) is 4.79 Å². The molecule has 0 unspecified atom stereocenters. The van der Waals surface area contributed by atoms with Gasteiger partial charge in [-0.25, -0.2) is 9.78 Å². The number of amides is 3. The Labute approximate surface area is 162 Å². The number of nitrogens with zero attached hydrogens (tertiary/aromatic N) is 4. The fourth-order valence-corrected chi connectivity index (χ4v) is 3.30. The Morgan fingerprint density at radius 3 is 2.89 bits per heavy atom. The van der Waals surface area contributed by atoms with E-state index in [0.717, 1.165) is 0 Å². The molecule has 0 radical (unpaired) electrons. The molecule has 3 amide bonds. The summed E-state index contributed by atoms with van der Waals surface area (Å²) in [5.74, 6) is 0.616. The Kier molecular flexibility index (Phi) is 5.98. The van der Waals surface area contributed by atoms with Crippen molar-refractivity contribution in [3.05, 3.63) is 47.5 Å². The number of urea groups is 1. The number of benzene rings is 1. The summed E-state index contributed by atoms with van der Waals surface area (Å²) in [5, 5.41) is 12.7. The third kappa shape index (κ3) is 4.40. The fraction of sp³-hybridized carbons (Fsp3) is 0.389. The second kappa shape index (κ2) is 8.41. The third-order valence-corrected chi connectivity index (χ3v) is 4.83. The van der Waals surface area contributed by atoms with E-state index in [2.05, 4.69) is 10.3 Å². The zero-order chi connectivity index (χ0) is 19.4. The van der Waals surface area contributed by atoms with Gasteiger partial charge in [-0.05, 0) is 12.1 Å². The molecule has 0 saturated carbocycles. The summed E-state index contributed by atoms with van der Waals surface area (Å²) in [4.78, 5) is 32.3. The average Bonchev–Trinajstić information content (AvgIpc) is 3.20. The number of aryl methyl sites for hydroxylation is 1. The number of hydrogen-bond acceptors (Lipinski definition) is 4. The van der Waals surface area contributed by atoms with E-state index in [1.807, 2.05) is 17.7 Å². The summed E-state index contributed by atoms with van der Waals surface area (Å²) in [6.45, 7) is 0.634. The lowest BCUT2D eigenvalue weighted by Crippen LogP contribution is -2.46. The molecule has 0 spiro atoms. The van der Waals surface area contributed by atoms with Crippen LogP contribution in [0.3, 0.4) is 0 Å². The zero-order valence-corrected chi connectivity index (χ0v) is 15.8. The number of rotatable bonds is 6. The molecular weight excluding hydrogens is 370 g/mol. The lowest BCUT2D eigenvalue weighted by molar-refractivity contribution is -0.117. The summed E-state index contributed by atoms with van der Waals surface area (Å²) in [7, 11) is 1.84. The van der Waals surface area contributed by atoms with Crippen molar-refractivity contribution >= 4 is 29.2 Å². The van der Waals surface area contributed by atoms with E-state index in [4.69, 9.17) is 11.6 Å². The van der Waals surface area contributed by atoms with Crippen LogP contribution in [-0.2, 0) is 18.4 Å². The van der Waals surface area contributed by atoms with Crippen LogP contribution in [0.2, 0.25) is 5.02 Å². The molecule has 1 aliphatic rings. The van der Waals surface area contributed by atoms with Crippen molar-refractivity contribution in [2.75, 3.05) is 24.6 Å². The topological polar surface area (TPSA) is 90.7 Å². The molecule has 1 saturated heterocycles. The van der Waals surface area contributed by atoms with Crippen molar-refractivity contribution in [2.24, 2.45) is 7.05 Å². The van der Waals surface area contributed by atoms with Crippen LogP contribution in [0.5, 0.6) is 0 Å². The van der Waals surface area contributed by atoms with E-state index < -0.39 is 0 Å². The Balaban J connectivity index is 1.65. The highest BCUT2D eigenvalue weighted by Gasteiger charge is 2.33. The van der Waals surface area contributed by atoms with Gasteiger partial charge in [-0.15, -0.1) is 0 Å². The van der Waals surface area contributed by atoms with E-state index in [1.54, 1.807) is 35.5 Å². The SMILES string of the molecule is Cn1ccnc1CN(CCO)C(=O)N[C@@H]1CC(=O)N(c2ccccc2Cl)C1. The molecule has 1 aliphatic heterocycles. The molecule has 1 atom stereocenters. The van der Waals surface area contributed by atoms with Gasteiger partial charge in [0.05, 0.1) is 29.9 Å². The first-order valence-electron chi connectivity index (χ1n) is 8.67. The Morgan fingerprint density at radius 1 is 1.44 bits per heavy atom. The maximum atomic E-state index is 12.7. The first kappa shape index (κ1) is 19.2. The van der Waals surface area contributed by atoms with Gasteiger partial charge < -0.3 is 24.8 Å². The molecule has 1 aromatic carbocycles. The molecule has 3 rings (SSSR count). The van der Waals surface area contributed by atoms with Crippen molar-refractivity contribution in [2.45, 2.75) is 19.0 Å². The lowest BCUT2D eigenvalue weighted by Gasteiger charge is -2.24.